The zero-order valence-corrected chi connectivity index (χ0v) is 14.2. The minimum absolute atomic E-state index is 0.354. The van der Waals surface area contributed by atoms with Crippen molar-refractivity contribution in [1.29, 1.82) is 0 Å². The maximum absolute atomic E-state index is 11.5. The predicted molar refractivity (Wildman–Crippen MR) is 81.4 cm³/mol. The largest absolute Gasteiger partial charge is 0.462 e. The van der Waals surface area contributed by atoms with E-state index in [0.29, 0.717) is 12.5 Å². The molecule has 6 heteroatoms. The second-order valence-corrected chi connectivity index (χ2v) is 6.05. The lowest BCUT2D eigenvalue weighted by molar-refractivity contribution is -0.513. The summed E-state index contributed by atoms with van der Waals surface area (Å²) in [6, 6.07) is 0. The van der Waals surface area contributed by atoms with Gasteiger partial charge < -0.3 is 4.74 Å². The van der Waals surface area contributed by atoms with Crippen LogP contribution in [-0.4, -0.2) is 24.1 Å². The summed E-state index contributed by atoms with van der Waals surface area (Å²) in [5.74, 6) is -1.07. The molecule has 0 fully saturated rings. The third-order valence-corrected chi connectivity index (χ3v) is 2.76. The zero-order chi connectivity index (χ0) is 17.0. The van der Waals surface area contributed by atoms with Gasteiger partial charge in [-0.3, -0.25) is 4.89 Å². The summed E-state index contributed by atoms with van der Waals surface area (Å²) in [7, 11) is 0. The van der Waals surface area contributed by atoms with Crippen molar-refractivity contribution in [1.82, 2.24) is 0 Å². The normalized spacial score (nSPS) is 13.1. The molecule has 6 nitrogen and oxygen atoms in total. The Balaban J connectivity index is 3.96. The van der Waals surface area contributed by atoms with E-state index in [1.807, 2.05) is 0 Å². The van der Waals surface area contributed by atoms with Crippen molar-refractivity contribution in [3.8, 4) is 0 Å². The van der Waals surface area contributed by atoms with Crippen molar-refractivity contribution >= 4 is 11.9 Å². The molecule has 1 unspecified atom stereocenters. The van der Waals surface area contributed by atoms with Gasteiger partial charge in [-0.2, -0.15) is 4.89 Å². The monoisotopic (exact) mass is 316 g/mol. The summed E-state index contributed by atoms with van der Waals surface area (Å²) >= 11 is 0. The van der Waals surface area contributed by atoms with Gasteiger partial charge in [0.05, 0.1) is 12.2 Å². The third-order valence-electron chi connectivity index (χ3n) is 2.76. The number of hydrogen-bond acceptors (Lipinski definition) is 6. The lowest BCUT2D eigenvalue weighted by Gasteiger charge is -2.14. The fraction of sp³-hybridized carbons (Fsp3) is 0.750. The van der Waals surface area contributed by atoms with E-state index in [-0.39, 0.29) is 0 Å². The van der Waals surface area contributed by atoms with E-state index in [1.54, 1.807) is 20.8 Å². The van der Waals surface area contributed by atoms with Gasteiger partial charge in [0.2, 0.25) is 0 Å². The first-order valence-corrected chi connectivity index (χ1v) is 7.69. The van der Waals surface area contributed by atoms with Gasteiger partial charge in [0.25, 0.3) is 0 Å². The van der Waals surface area contributed by atoms with Gasteiger partial charge in [-0.1, -0.05) is 33.1 Å². The molecule has 0 aromatic rings. The molecule has 0 saturated heterocycles. The maximum atomic E-state index is 11.5. The van der Waals surface area contributed by atoms with Crippen LogP contribution >= 0.6 is 0 Å². The van der Waals surface area contributed by atoms with Crippen LogP contribution in [-0.2, 0) is 29.1 Å². The number of carbonyl (C=O) groups is 2. The van der Waals surface area contributed by atoms with E-state index in [9.17, 15) is 9.59 Å². The average Bonchev–Trinajstić information content (AvgIpc) is 2.44. The average molecular weight is 316 g/mol. The molecule has 22 heavy (non-hydrogen) atoms. The Morgan fingerprint density at radius 3 is 2.27 bits per heavy atom. The standard InChI is InChI=1S/C16H28O6/c1-6-8-9-13(7-2)12-19-14(17)10-11-15(18)20-22-21-16(3,4)5/h10-11,13H,6-9,12H2,1-5H3. The SMILES string of the molecule is CCCCC(CC)COC(=O)C=CC(=O)OOOC(C)(C)C. The van der Waals surface area contributed by atoms with Crippen molar-refractivity contribution in [2.75, 3.05) is 6.61 Å². The minimum atomic E-state index is -0.848. The van der Waals surface area contributed by atoms with Gasteiger partial charge in [-0.25, -0.2) is 9.59 Å². The van der Waals surface area contributed by atoms with E-state index in [2.05, 4.69) is 23.8 Å². The molecule has 0 saturated carbocycles. The maximum Gasteiger partial charge on any atom is 0.369 e. The quantitative estimate of drug-likeness (QED) is 0.266. The van der Waals surface area contributed by atoms with Gasteiger partial charge in [0.15, 0.2) is 0 Å². The number of carbonyl (C=O) groups excluding carboxylic acids is 2. The van der Waals surface area contributed by atoms with Crippen LogP contribution in [0.1, 0.15) is 60.3 Å². The molecule has 0 spiro atoms. The molecule has 0 aliphatic rings. The summed E-state index contributed by atoms with van der Waals surface area (Å²) in [6.45, 7) is 9.75. The van der Waals surface area contributed by atoms with Crippen LogP contribution in [0, 0.1) is 5.92 Å². The van der Waals surface area contributed by atoms with Crippen LogP contribution in [0.5, 0.6) is 0 Å². The van der Waals surface area contributed by atoms with Crippen molar-refractivity contribution in [3.63, 3.8) is 0 Å². The van der Waals surface area contributed by atoms with E-state index >= 15 is 0 Å². The summed E-state index contributed by atoms with van der Waals surface area (Å²) in [5.41, 5.74) is -0.601. The Hall–Kier alpha value is -1.40. The Kier molecular flexibility index (Phi) is 10.5. The van der Waals surface area contributed by atoms with Gasteiger partial charge >= 0.3 is 11.9 Å². The molecule has 128 valence electrons. The Labute approximate surface area is 132 Å². The van der Waals surface area contributed by atoms with Crippen molar-refractivity contribution in [3.05, 3.63) is 12.2 Å². The highest BCUT2D eigenvalue weighted by molar-refractivity contribution is 5.91. The molecule has 0 aromatic carbocycles. The van der Waals surface area contributed by atoms with Crippen molar-refractivity contribution in [2.45, 2.75) is 65.9 Å². The molecular weight excluding hydrogens is 288 g/mol. The molecule has 0 aliphatic carbocycles. The molecule has 0 N–H and O–H groups in total. The lowest BCUT2D eigenvalue weighted by Crippen LogP contribution is -2.20. The van der Waals surface area contributed by atoms with Crippen LogP contribution in [0.3, 0.4) is 0 Å². The predicted octanol–water partition coefficient (Wildman–Crippen LogP) is 3.51. The Bertz CT molecular complexity index is 356. The van der Waals surface area contributed by atoms with Crippen LogP contribution < -0.4 is 0 Å². The first-order valence-electron chi connectivity index (χ1n) is 7.69. The van der Waals surface area contributed by atoms with E-state index in [1.165, 1.54) is 0 Å². The first kappa shape index (κ1) is 20.6. The molecule has 1 atom stereocenters. The van der Waals surface area contributed by atoms with Crippen LogP contribution in [0.4, 0.5) is 0 Å². The summed E-state index contributed by atoms with van der Waals surface area (Å²) in [6.07, 6.45) is 6.16. The molecular formula is C16H28O6. The second kappa shape index (κ2) is 11.2. The van der Waals surface area contributed by atoms with Gasteiger partial charge in [-0.15, -0.1) is 0 Å². The van der Waals surface area contributed by atoms with E-state index < -0.39 is 17.5 Å². The van der Waals surface area contributed by atoms with Crippen molar-refractivity contribution < 1.29 is 29.1 Å². The topological polar surface area (TPSA) is 71.1 Å². The van der Waals surface area contributed by atoms with E-state index in [4.69, 9.17) is 9.62 Å². The molecule has 0 rings (SSSR count). The number of rotatable bonds is 10. The summed E-state index contributed by atoms with van der Waals surface area (Å²) in [4.78, 5) is 31.8. The molecule has 0 aromatic heterocycles. The zero-order valence-electron chi connectivity index (χ0n) is 14.2. The third kappa shape index (κ3) is 12.3. The van der Waals surface area contributed by atoms with Crippen LogP contribution in [0.2, 0.25) is 0 Å². The highest BCUT2D eigenvalue weighted by Gasteiger charge is 2.13. The summed E-state index contributed by atoms with van der Waals surface area (Å²) < 4.78 is 5.10. The highest BCUT2D eigenvalue weighted by Crippen LogP contribution is 2.13. The molecule has 0 heterocycles. The Morgan fingerprint density at radius 2 is 1.73 bits per heavy atom. The smallest absolute Gasteiger partial charge is 0.369 e. The van der Waals surface area contributed by atoms with Crippen molar-refractivity contribution in [2.24, 2.45) is 5.92 Å². The summed E-state index contributed by atoms with van der Waals surface area (Å²) in [5, 5.41) is 4.30. The molecule has 0 aliphatic heterocycles. The fourth-order valence-corrected chi connectivity index (χ4v) is 1.46. The Morgan fingerprint density at radius 1 is 1.09 bits per heavy atom. The van der Waals surface area contributed by atoms with Crippen LogP contribution in [0.15, 0.2) is 12.2 Å². The van der Waals surface area contributed by atoms with E-state index in [0.717, 1.165) is 37.8 Å². The van der Waals surface area contributed by atoms with Crippen LogP contribution in [0.25, 0.3) is 0 Å². The lowest BCUT2D eigenvalue weighted by atomic mass is 10.0. The number of esters is 1. The molecule has 0 amide bonds. The first-order chi connectivity index (χ1) is 10.3. The number of hydrogen-bond donors (Lipinski definition) is 0. The number of unbranched alkanes of at least 4 members (excludes halogenated alkanes) is 1. The minimum Gasteiger partial charge on any atom is -0.462 e. The second-order valence-electron chi connectivity index (χ2n) is 6.05. The fourth-order valence-electron chi connectivity index (χ4n) is 1.46. The van der Waals surface area contributed by atoms with Gasteiger partial charge in [0.1, 0.15) is 0 Å². The molecule has 0 bridgehead atoms. The molecule has 0 radical (unpaired) electrons. The number of ether oxygens (including phenoxy) is 1. The van der Waals surface area contributed by atoms with Gasteiger partial charge in [0, 0.05) is 12.2 Å². The van der Waals surface area contributed by atoms with Gasteiger partial charge in [-0.05, 0) is 38.1 Å². The highest BCUT2D eigenvalue weighted by atomic mass is 17.5.